The number of aryl methyl sites for hydroxylation is 1. The molecule has 0 radical (unpaired) electrons. The molecule has 7 heteroatoms. The van der Waals surface area contributed by atoms with Gasteiger partial charge in [-0.3, -0.25) is 9.36 Å². The van der Waals surface area contributed by atoms with Crippen molar-refractivity contribution in [1.29, 1.82) is 0 Å². The molecule has 2 aromatic carbocycles. The summed E-state index contributed by atoms with van der Waals surface area (Å²) < 4.78 is 2.07. The number of halogens is 1. The average molecular weight is 399 g/mol. The molecule has 0 atom stereocenters. The van der Waals surface area contributed by atoms with Crippen LogP contribution in [0.15, 0.2) is 53.7 Å². The second kappa shape index (κ2) is 7.74. The van der Waals surface area contributed by atoms with Gasteiger partial charge < -0.3 is 5.32 Å². The van der Waals surface area contributed by atoms with E-state index < -0.39 is 0 Å². The van der Waals surface area contributed by atoms with E-state index >= 15 is 0 Å². The van der Waals surface area contributed by atoms with Crippen LogP contribution in [-0.2, 0) is 4.79 Å². The molecule has 5 nitrogen and oxygen atoms in total. The molecule has 0 aliphatic heterocycles. The molecule has 1 aliphatic carbocycles. The molecular formula is C20H19ClN4OS. The minimum atomic E-state index is -0.101. The highest BCUT2D eigenvalue weighted by Gasteiger charge is 2.31. The molecule has 27 heavy (non-hydrogen) atoms. The summed E-state index contributed by atoms with van der Waals surface area (Å²) in [4.78, 5) is 12.4. The van der Waals surface area contributed by atoms with E-state index in [1.807, 2.05) is 49.4 Å². The van der Waals surface area contributed by atoms with Crippen LogP contribution in [0.5, 0.6) is 0 Å². The van der Waals surface area contributed by atoms with Crippen molar-refractivity contribution in [2.24, 2.45) is 0 Å². The number of rotatable bonds is 6. The summed E-state index contributed by atoms with van der Waals surface area (Å²) in [6.07, 6.45) is 2.29. The Labute approximate surface area is 167 Å². The first kappa shape index (κ1) is 18.1. The lowest BCUT2D eigenvalue weighted by Crippen LogP contribution is -2.14. The minimum absolute atomic E-state index is 0.101. The van der Waals surface area contributed by atoms with Crippen LogP contribution in [0, 0.1) is 6.92 Å². The molecule has 1 saturated carbocycles. The van der Waals surface area contributed by atoms with Crippen molar-refractivity contribution in [2.75, 3.05) is 11.1 Å². The molecule has 1 N–H and O–H groups in total. The molecule has 1 aliphatic rings. The van der Waals surface area contributed by atoms with Crippen LogP contribution < -0.4 is 5.32 Å². The molecule has 3 aromatic rings. The van der Waals surface area contributed by atoms with Crippen LogP contribution in [-0.4, -0.2) is 26.4 Å². The number of aromatic nitrogens is 3. The largest absolute Gasteiger partial charge is 0.325 e. The van der Waals surface area contributed by atoms with Gasteiger partial charge in [0.25, 0.3) is 0 Å². The van der Waals surface area contributed by atoms with E-state index in [-0.39, 0.29) is 11.7 Å². The van der Waals surface area contributed by atoms with Crippen molar-refractivity contribution in [3.63, 3.8) is 0 Å². The normalized spacial score (nSPS) is 13.6. The monoisotopic (exact) mass is 398 g/mol. The van der Waals surface area contributed by atoms with Crippen molar-refractivity contribution in [3.8, 4) is 5.69 Å². The number of hydrogen-bond acceptors (Lipinski definition) is 4. The number of carbonyl (C=O) groups is 1. The summed E-state index contributed by atoms with van der Waals surface area (Å²) in [6, 6.07) is 15.5. The molecular weight excluding hydrogens is 380 g/mol. The number of nitrogens with zero attached hydrogens (tertiary/aromatic N) is 3. The summed E-state index contributed by atoms with van der Waals surface area (Å²) >= 11 is 7.51. The van der Waals surface area contributed by atoms with Crippen LogP contribution >= 0.6 is 23.4 Å². The average Bonchev–Trinajstić information content (AvgIpc) is 3.43. The van der Waals surface area contributed by atoms with Gasteiger partial charge in [0, 0.05) is 22.3 Å². The van der Waals surface area contributed by atoms with Gasteiger partial charge in [-0.25, -0.2) is 0 Å². The van der Waals surface area contributed by atoms with E-state index in [4.69, 9.17) is 11.6 Å². The van der Waals surface area contributed by atoms with Gasteiger partial charge in [0.15, 0.2) is 5.16 Å². The Bertz CT molecular complexity index is 969. The van der Waals surface area contributed by atoms with Crippen LogP contribution in [0.4, 0.5) is 5.69 Å². The Morgan fingerprint density at radius 2 is 2.00 bits per heavy atom. The molecule has 0 saturated heterocycles. The maximum absolute atomic E-state index is 12.4. The van der Waals surface area contributed by atoms with Gasteiger partial charge in [-0.15, -0.1) is 10.2 Å². The highest BCUT2D eigenvalue weighted by molar-refractivity contribution is 7.99. The van der Waals surface area contributed by atoms with E-state index in [1.165, 1.54) is 11.8 Å². The topological polar surface area (TPSA) is 59.8 Å². The maximum atomic E-state index is 12.4. The highest BCUT2D eigenvalue weighted by atomic mass is 35.5. The van der Waals surface area contributed by atoms with E-state index in [0.29, 0.717) is 16.6 Å². The number of anilines is 1. The Morgan fingerprint density at radius 1 is 1.22 bits per heavy atom. The molecule has 0 unspecified atom stereocenters. The molecule has 138 valence electrons. The van der Waals surface area contributed by atoms with Crippen molar-refractivity contribution >= 4 is 35.0 Å². The predicted molar refractivity (Wildman–Crippen MR) is 109 cm³/mol. The minimum Gasteiger partial charge on any atom is -0.325 e. The first-order valence-corrected chi connectivity index (χ1v) is 10.2. The SMILES string of the molecule is Cc1ccc(NC(=O)CSc2nnc(C3CC3)n2-c2ccccc2)cc1Cl. The number of hydrogen-bond donors (Lipinski definition) is 1. The number of para-hydroxylation sites is 1. The zero-order valence-electron chi connectivity index (χ0n) is 14.9. The van der Waals surface area contributed by atoms with Crippen molar-refractivity contribution < 1.29 is 4.79 Å². The highest BCUT2D eigenvalue weighted by Crippen LogP contribution is 2.41. The van der Waals surface area contributed by atoms with Crippen molar-refractivity contribution in [2.45, 2.75) is 30.8 Å². The number of amides is 1. The molecule has 0 spiro atoms. The molecule has 1 aromatic heterocycles. The number of thioether (sulfide) groups is 1. The van der Waals surface area contributed by atoms with Gasteiger partial charge in [0.2, 0.25) is 5.91 Å². The molecule has 0 bridgehead atoms. The number of carbonyl (C=O) groups excluding carboxylic acids is 1. The third-order valence-corrected chi connectivity index (χ3v) is 5.74. The molecule has 4 rings (SSSR count). The van der Waals surface area contributed by atoms with Crippen LogP contribution in [0.25, 0.3) is 5.69 Å². The Morgan fingerprint density at radius 3 is 2.70 bits per heavy atom. The fourth-order valence-electron chi connectivity index (χ4n) is 2.80. The fourth-order valence-corrected chi connectivity index (χ4v) is 3.74. The summed E-state index contributed by atoms with van der Waals surface area (Å²) in [5.74, 6) is 1.60. The molecule has 1 heterocycles. The second-order valence-electron chi connectivity index (χ2n) is 6.59. The van der Waals surface area contributed by atoms with Crippen LogP contribution in [0.2, 0.25) is 5.02 Å². The molecule has 1 fully saturated rings. The Kier molecular flexibility index (Phi) is 5.18. The quantitative estimate of drug-likeness (QED) is 0.603. The van der Waals surface area contributed by atoms with Crippen LogP contribution in [0.1, 0.15) is 30.1 Å². The van der Waals surface area contributed by atoms with Gasteiger partial charge in [-0.05, 0) is 49.6 Å². The van der Waals surface area contributed by atoms with Crippen molar-refractivity contribution in [1.82, 2.24) is 14.8 Å². The fraction of sp³-hybridized carbons (Fsp3) is 0.250. The van der Waals surface area contributed by atoms with Crippen LogP contribution in [0.3, 0.4) is 0 Å². The zero-order chi connectivity index (χ0) is 18.8. The lowest BCUT2D eigenvalue weighted by atomic mass is 10.2. The van der Waals surface area contributed by atoms with Gasteiger partial charge in [0.1, 0.15) is 5.82 Å². The van der Waals surface area contributed by atoms with E-state index in [9.17, 15) is 4.79 Å². The first-order valence-electron chi connectivity index (χ1n) is 8.81. The van der Waals surface area contributed by atoms with E-state index in [0.717, 1.165) is 35.1 Å². The lowest BCUT2D eigenvalue weighted by molar-refractivity contribution is -0.113. The second-order valence-corrected chi connectivity index (χ2v) is 7.94. The van der Waals surface area contributed by atoms with Gasteiger partial charge in [0.05, 0.1) is 5.75 Å². The van der Waals surface area contributed by atoms with Crippen molar-refractivity contribution in [3.05, 3.63) is 64.9 Å². The first-order chi connectivity index (χ1) is 13.1. The third-order valence-electron chi connectivity index (χ3n) is 4.40. The van der Waals surface area contributed by atoms with E-state index in [1.54, 1.807) is 6.07 Å². The Hall–Kier alpha value is -2.31. The lowest BCUT2D eigenvalue weighted by Gasteiger charge is -2.10. The summed E-state index contributed by atoms with van der Waals surface area (Å²) in [5.41, 5.74) is 2.70. The number of nitrogens with one attached hydrogen (secondary N) is 1. The smallest absolute Gasteiger partial charge is 0.234 e. The summed E-state index contributed by atoms with van der Waals surface area (Å²) in [5, 5.41) is 13.0. The maximum Gasteiger partial charge on any atom is 0.234 e. The zero-order valence-corrected chi connectivity index (χ0v) is 16.4. The predicted octanol–water partition coefficient (Wildman–Crippen LogP) is 4.84. The summed E-state index contributed by atoms with van der Waals surface area (Å²) in [7, 11) is 0. The number of benzene rings is 2. The summed E-state index contributed by atoms with van der Waals surface area (Å²) in [6.45, 7) is 1.93. The van der Waals surface area contributed by atoms with E-state index in [2.05, 4.69) is 20.1 Å². The third kappa shape index (κ3) is 4.17. The van der Waals surface area contributed by atoms with Gasteiger partial charge in [-0.1, -0.05) is 47.6 Å². The Balaban J connectivity index is 1.48. The standard InChI is InChI=1S/C20H19ClN4OS/c1-13-7-10-15(11-17(13)21)22-18(26)12-27-20-24-23-19(14-8-9-14)25(20)16-5-3-2-4-6-16/h2-7,10-11,14H,8-9,12H2,1H3,(H,22,26). The van der Waals surface area contributed by atoms with Gasteiger partial charge >= 0.3 is 0 Å². The van der Waals surface area contributed by atoms with Gasteiger partial charge in [-0.2, -0.15) is 0 Å². The molecule has 1 amide bonds.